The molecule has 4 nitrogen and oxygen atoms in total. The molecule has 1 heterocycles. The first-order valence-corrected chi connectivity index (χ1v) is 14.8. The lowest BCUT2D eigenvalue weighted by Gasteiger charge is -2.20. The second kappa shape index (κ2) is 12.1. The van der Waals surface area contributed by atoms with Crippen LogP contribution in [-0.2, 0) is 24.4 Å². The van der Waals surface area contributed by atoms with E-state index in [1.54, 1.807) is 0 Å². The second-order valence-electron chi connectivity index (χ2n) is 11.6. The number of carbonyl (C=O) groups is 1. The Bertz CT molecular complexity index is 1680. The number of benzene rings is 4. The zero-order chi connectivity index (χ0) is 29.1. The van der Waals surface area contributed by atoms with Crippen LogP contribution in [0.3, 0.4) is 0 Å². The molecular weight excluding hydrogens is 572 g/mol. The number of fused-ring (bicyclic) bond motifs is 1. The van der Waals surface area contributed by atoms with Gasteiger partial charge in [-0.15, -0.1) is 0 Å². The maximum atomic E-state index is 12.9. The minimum absolute atomic E-state index is 0.301. The molecule has 5 heteroatoms. The van der Waals surface area contributed by atoms with Gasteiger partial charge in [-0.25, -0.2) is 4.79 Å². The van der Waals surface area contributed by atoms with Gasteiger partial charge in [-0.05, 0) is 98.3 Å². The van der Waals surface area contributed by atoms with Gasteiger partial charge < -0.3 is 14.6 Å². The van der Waals surface area contributed by atoms with Crippen LogP contribution in [0.25, 0.3) is 22.0 Å². The van der Waals surface area contributed by atoms with Crippen LogP contribution >= 0.6 is 15.9 Å². The largest absolute Gasteiger partial charge is 0.456 e. The molecule has 5 aromatic rings. The quantitative estimate of drug-likeness (QED) is 0.179. The fraction of sp³-hybridized carbons (Fsp3) is 0.250. The van der Waals surface area contributed by atoms with Crippen LogP contribution < -0.4 is 5.32 Å². The Morgan fingerprint density at radius 2 is 1.46 bits per heavy atom. The number of nitrogens with zero attached hydrogens (tertiary/aromatic N) is 1. The smallest absolute Gasteiger partial charge is 0.339 e. The molecule has 4 aromatic carbocycles. The molecular formula is C36H37BrN2O2. The number of hydrogen-bond donors (Lipinski definition) is 1. The van der Waals surface area contributed by atoms with Gasteiger partial charge in [0.15, 0.2) is 0 Å². The normalized spacial score (nSPS) is 11.7. The molecule has 210 valence electrons. The first-order chi connectivity index (χ1) is 19.6. The highest BCUT2D eigenvalue weighted by Crippen LogP contribution is 2.29. The Labute approximate surface area is 251 Å². The van der Waals surface area contributed by atoms with Crippen molar-refractivity contribution in [1.29, 1.82) is 0 Å². The van der Waals surface area contributed by atoms with E-state index in [1.807, 2.05) is 45.0 Å². The van der Waals surface area contributed by atoms with Crippen molar-refractivity contribution in [3.63, 3.8) is 0 Å². The summed E-state index contributed by atoms with van der Waals surface area (Å²) in [5.41, 5.74) is 9.53. The number of aryl methyl sites for hydroxylation is 1. The molecule has 0 unspecified atom stereocenters. The van der Waals surface area contributed by atoms with Crippen LogP contribution in [0.1, 0.15) is 59.1 Å². The molecule has 0 spiro atoms. The molecule has 0 aliphatic rings. The van der Waals surface area contributed by atoms with Gasteiger partial charge in [0.1, 0.15) is 5.60 Å². The number of carbonyl (C=O) groups excluding carboxylic acids is 1. The van der Waals surface area contributed by atoms with Crippen molar-refractivity contribution in [3.05, 3.63) is 129 Å². The number of aromatic nitrogens is 1. The zero-order valence-electron chi connectivity index (χ0n) is 24.4. The Hall–Kier alpha value is -3.67. The number of rotatable bonds is 8. The van der Waals surface area contributed by atoms with Gasteiger partial charge in [0.05, 0.1) is 5.56 Å². The van der Waals surface area contributed by atoms with Crippen LogP contribution in [0.4, 0.5) is 0 Å². The van der Waals surface area contributed by atoms with Crippen molar-refractivity contribution in [1.82, 2.24) is 9.88 Å². The zero-order valence-corrected chi connectivity index (χ0v) is 26.0. The molecule has 41 heavy (non-hydrogen) atoms. The van der Waals surface area contributed by atoms with Crippen LogP contribution in [0, 0.1) is 13.8 Å². The highest BCUT2D eigenvalue weighted by Gasteiger charge is 2.20. The van der Waals surface area contributed by atoms with Gasteiger partial charge in [-0.3, -0.25) is 0 Å². The Kier molecular flexibility index (Phi) is 8.48. The molecule has 0 bridgehead atoms. The van der Waals surface area contributed by atoms with Gasteiger partial charge in [-0.2, -0.15) is 0 Å². The van der Waals surface area contributed by atoms with Gasteiger partial charge >= 0.3 is 5.97 Å². The monoisotopic (exact) mass is 608 g/mol. The average molecular weight is 610 g/mol. The van der Waals surface area contributed by atoms with Crippen molar-refractivity contribution in [2.75, 3.05) is 0 Å². The minimum atomic E-state index is -0.541. The fourth-order valence-electron chi connectivity index (χ4n) is 5.18. The molecule has 0 aliphatic carbocycles. The highest BCUT2D eigenvalue weighted by atomic mass is 79.9. The van der Waals surface area contributed by atoms with Crippen molar-refractivity contribution >= 4 is 32.8 Å². The van der Waals surface area contributed by atoms with Crippen LogP contribution in [0.2, 0.25) is 0 Å². The molecule has 0 aliphatic heterocycles. The van der Waals surface area contributed by atoms with Crippen LogP contribution in [-0.4, -0.2) is 16.1 Å². The first-order valence-electron chi connectivity index (χ1n) is 14.0. The summed E-state index contributed by atoms with van der Waals surface area (Å²) in [6.07, 6.45) is 0. The SMILES string of the molecule is Cc1c(C)n(Cc2ccc(-c3ccccc3C(=O)OC(C)(C)C)cc2)c2ccc(CNCc3ccc(Br)cc3)cc12. The summed E-state index contributed by atoms with van der Waals surface area (Å²) in [5.74, 6) is -0.301. The van der Waals surface area contributed by atoms with Crippen molar-refractivity contribution in [2.24, 2.45) is 0 Å². The molecule has 1 N–H and O–H groups in total. The summed E-state index contributed by atoms with van der Waals surface area (Å²) in [6, 6.07) is 31.4. The maximum absolute atomic E-state index is 12.9. The number of nitrogens with one attached hydrogen (secondary N) is 1. The second-order valence-corrected chi connectivity index (χ2v) is 12.5. The summed E-state index contributed by atoms with van der Waals surface area (Å²) in [7, 11) is 0. The van der Waals surface area contributed by atoms with E-state index in [2.05, 4.69) is 106 Å². The van der Waals surface area contributed by atoms with E-state index in [-0.39, 0.29) is 5.97 Å². The summed E-state index contributed by atoms with van der Waals surface area (Å²) in [4.78, 5) is 12.9. The van der Waals surface area contributed by atoms with Crippen molar-refractivity contribution < 1.29 is 9.53 Å². The first kappa shape index (κ1) is 28.8. The lowest BCUT2D eigenvalue weighted by atomic mass is 9.98. The molecule has 1 aromatic heterocycles. The van der Waals surface area contributed by atoms with Crippen molar-refractivity contribution in [2.45, 2.75) is 59.9 Å². The standard InChI is InChI=1S/C36H37BrN2O2/c1-24-25(2)39(34-19-14-28(20-33(24)34)22-38-21-26-12-17-30(37)18-13-26)23-27-10-15-29(16-11-27)31-8-6-7-9-32(31)35(40)41-36(3,4)5/h6-20,38H,21-23H2,1-5H3. The van der Waals surface area contributed by atoms with E-state index < -0.39 is 5.60 Å². The third-order valence-corrected chi connectivity index (χ3v) is 7.96. The summed E-state index contributed by atoms with van der Waals surface area (Å²) >= 11 is 3.50. The number of hydrogen-bond acceptors (Lipinski definition) is 3. The van der Waals surface area contributed by atoms with Crippen LogP contribution in [0.15, 0.2) is 95.5 Å². The summed E-state index contributed by atoms with van der Waals surface area (Å²) < 4.78 is 9.15. The fourth-order valence-corrected chi connectivity index (χ4v) is 5.45. The van der Waals surface area contributed by atoms with Gasteiger partial charge in [0.2, 0.25) is 0 Å². The van der Waals surface area contributed by atoms with Crippen molar-refractivity contribution in [3.8, 4) is 11.1 Å². The molecule has 0 fully saturated rings. The topological polar surface area (TPSA) is 43.3 Å². The number of halogens is 1. The van der Waals surface area contributed by atoms with E-state index in [1.165, 1.54) is 38.9 Å². The summed E-state index contributed by atoms with van der Waals surface area (Å²) in [6.45, 7) is 12.5. The number of esters is 1. The van der Waals surface area contributed by atoms with Gasteiger partial charge in [-0.1, -0.05) is 76.6 Å². The third kappa shape index (κ3) is 6.80. The van der Waals surface area contributed by atoms with E-state index in [0.717, 1.165) is 35.2 Å². The third-order valence-electron chi connectivity index (χ3n) is 7.43. The van der Waals surface area contributed by atoms with E-state index in [4.69, 9.17) is 4.74 Å². The van der Waals surface area contributed by atoms with E-state index in [9.17, 15) is 4.79 Å². The maximum Gasteiger partial charge on any atom is 0.339 e. The molecule has 0 radical (unpaired) electrons. The Morgan fingerprint density at radius 1 is 0.829 bits per heavy atom. The predicted octanol–water partition coefficient (Wildman–Crippen LogP) is 8.98. The average Bonchev–Trinajstić information content (AvgIpc) is 3.18. The molecule has 0 atom stereocenters. The molecule has 0 saturated carbocycles. The van der Waals surface area contributed by atoms with E-state index in [0.29, 0.717) is 5.56 Å². The lowest BCUT2D eigenvalue weighted by Crippen LogP contribution is -2.24. The van der Waals surface area contributed by atoms with Crippen LogP contribution in [0.5, 0.6) is 0 Å². The molecule has 0 amide bonds. The molecule has 0 saturated heterocycles. The predicted molar refractivity (Wildman–Crippen MR) is 172 cm³/mol. The van der Waals surface area contributed by atoms with Gasteiger partial charge in [0, 0.05) is 40.7 Å². The summed E-state index contributed by atoms with van der Waals surface area (Å²) in [5, 5.41) is 4.87. The Balaban J connectivity index is 1.32. The van der Waals surface area contributed by atoms with Gasteiger partial charge in [0.25, 0.3) is 0 Å². The lowest BCUT2D eigenvalue weighted by molar-refractivity contribution is 0.00704. The van der Waals surface area contributed by atoms with E-state index >= 15 is 0 Å². The number of ether oxygens (including phenoxy) is 1. The highest BCUT2D eigenvalue weighted by molar-refractivity contribution is 9.10. The molecule has 5 rings (SSSR count). The Morgan fingerprint density at radius 3 is 2.17 bits per heavy atom. The minimum Gasteiger partial charge on any atom is -0.456 e.